The van der Waals surface area contributed by atoms with Crippen LogP contribution in [0.1, 0.15) is 44.6 Å². The third-order valence-corrected chi connectivity index (χ3v) is 8.12. The first-order chi connectivity index (χ1) is 20.3. The van der Waals surface area contributed by atoms with E-state index < -0.39 is 36.0 Å². The van der Waals surface area contributed by atoms with E-state index >= 15 is 0 Å². The van der Waals surface area contributed by atoms with Crippen molar-refractivity contribution in [3.8, 4) is 11.5 Å². The molecule has 1 aromatic carbocycles. The highest BCUT2D eigenvalue weighted by Crippen LogP contribution is 2.30. The number of nitrogens with one attached hydrogen (secondary N) is 3. The highest BCUT2D eigenvalue weighted by Gasteiger charge is 2.39. The van der Waals surface area contributed by atoms with Gasteiger partial charge in [0.25, 0.3) is 0 Å². The monoisotopic (exact) mass is 588 g/mol. The first kappa shape index (κ1) is 31.7. The first-order valence-electron chi connectivity index (χ1n) is 14.8. The van der Waals surface area contributed by atoms with E-state index in [1.54, 1.807) is 25.1 Å². The number of rotatable bonds is 15. The van der Waals surface area contributed by atoms with Crippen molar-refractivity contribution in [1.82, 2.24) is 20.9 Å². The standard InChI is InChI=1S/C30H44N4O8/c1-19(31-27(35)17-34-10-12-41-13-11-34)29(37)33-23(15-21-8-9-24(39-2)25(16-21)40-3)30(38)32-22(28(36)26-18-42-26)14-20-6-4-5-7-20/h8-9,16,19-20,22-23,26H,4-7,10-15,17-18H2,1-3H3,(H,31,35)(H,32,38)(H,33,37)/t19-,22-,23-,26+/m0/s1. The van der Waals surface area contributed by atoms with Crippen LogP contribution in [0.2, 0.25) is 0 Å². The summed E-state index contributed by atoms with van der Waals surface area (Å²) in [6.45, 7) is 4.52. The summed E-state index contributed by atoms with van der Waals surface area (Å²) >= 11 is 0. The molecule has 0 aromatic heterocycles. The average molecular weight is 589 g/mol. The highest BCUT2D eigenvalue weighted by molar-refractivity contribution is 5.96. The van der Waals surface area contributed by atoms with Crippen LogP contribution in [0.3, 0.4) is 0 Å². The Kier molecular flexibility index (Phi) is 11.6. The van der Waals surface area contributed by atoms with E-state index in [1.807, 2.05) is 4.90 Å². The van der Waals surface area contributed by atoms with Crippen LogP contribution in [-0.4, -0.2) is 106 Å². The Bertz CT molecular complexity index is 1100. The van der Waals surface area contributed by atoms with Crippen molar-refractivity contribution in [1.29, 1.82) is 0 Å². The van der Waals surface area contributed by atoms with Gasteiger partial charge in [0, 0.05) is 19.5 Å². The lowest BCUT2D eigenvalue weighted by molar-refractivity contribution is -0.133. The number of methoxy groups -OCH3 is 2. The molecule has 2 aliphatic heterocycles. The van der Waals surface area contributed by atoms with Crippen LogP contribution >= 0.6 is 0 Å². The fraction of sp³-hybridized carbons (Fsp3) is 0.667. The molecular formula is C30H44N4O8. The minimum Gasteiger partial charge on any atom is -0.493 e. The van der Waals surface area contributed by atoms with E-state index in [-0.39, 0.29) is 24.7 Å². The molecule has 4 atom stereocenters. The molecule has 1 saturated carbocycles. The summed E-state index contributed by atoms with van der Waals surface area (Å²) in [5.74, 6) is -0.00282. The van der Waals surface area contributed by atoms with Crippen molar-refractivity contribution in [2.75, 3.05) is 53.7 Å². The van der Waals surface area contributed by atoms with E-state index in [0.29, 0.717) is 56.7 Å². The molecule has 2 heterocycles. The van der Waals surface area contributed by atoms with Gasteiger partial charge < -0.3 is 34.9 Å². The van der Waals surface area contributed by atoms with Crippen LogP contribution in [0.4, 0.5) is 0 Å². The van der Waals surface area contributed by atoms with Gasteiger partial charge in [-0.2, -0.15) is 0 Å². The molecule has 0 unspecified atom stereocenters. The molecule has 0 radical (unpaired) electrons. The Labute approximate surface area is 247 Å². The van der Waals surface area contributed by atoms with Gasteiger partial charge in [-0.25, -0.2) is 0 Å². The third kappa shape index (κ3) is 9.14. The second-order valence-electron chi connectivity index (χ2n) is 11.3. The maximum atomic E-state index is 13.7. The van der Waals surface area contributed by atoms with Gasteiger partial charge >= 0.3 is 0 Å². The molecule has 2 saturated heterocycles. The van der Waals surface area contributed by atoms with Crippen molar-refractivity contribution in [2.24, 2.45) is 5.92 Å². The predicted molar refractivity (Wildman–Crippen MR) is 153 cm³/mol. The number of amides is 3. The number of epoxide rings is 1. The molecule has 0 spiro atoms. The molecule has 0 bridgehead atoms. The lowest BCUT2D eigenvalue weighted by Crippen LogP contribution is -2.57. The third-order valence-electron chi connectivity index (χ3n) is 8.12. The van der Waals surface area contributed by atoms with Crippen molar-refractivity contribution in [2.45, 2.75) is 69.7 Å². The van der Waals surface area contributed by atoms with Crippen LogP contribution < -0.4 is 25.4 Å². The Morgan fingerprint density at radius 1 is 0.952 bits per heavy atom. The Balaban J connectivity index is 1.45. The molecule has 42 heavy (non-hydrogen) atoms. The molecule has 232 valence electrons. The fourth-order valence-corrected chi connectivity index (χ4v) is 5.60. The normalized spacial score (nSPS) is 21.1. The van der Waals surface area contributed by atoms with E-state index in [0.717, 1.165) is 31.2 Å². The number of hydrogen-bond donors (Lipinski definition) is 3. The van der Waals surface area contributed by atoms with Gasteiger partial charge in [0.2, 0.25) is 17.7 Å². The van der Waals surface area contributed by atoms with Crippen LogP contribution in [0.15, 0.2) is 18.2 Å². The summed E-state index contributed by atoms with van der Waals surface area (Å²) in [5, 5.41) is 8.47. The van der Waals surface area contributed by atoms with E-state index in [4.69, 9.17) is 18.9 Å². The second-order valence-corrected chi connectivity index (χ2v) is 11.3. The number of benzene rings is 1. The Morgan fingerprint density at radius 3 is 2.26 bits per heavy atom. The number of carbonyl (C=O) groups excluding carboxylic acids is 4. The smallest absolute Gasteiger partial charge is 0.243 e. The SMILES string of the molecule is COc1ccc(C[C@H](NC(=O)[C@H](C)NC(=O)CN2CCOCC2)C(=O)N[C@@H](CC2CCCC2)C(=O)[C@H]2CO2)cc1OC. The zero-order chi connectivity index (χ0) is 30.1. The number of ether oxygens (including phenoxy) is 4. The number of ketones is 1. The molecule has 12 nitrogen and oxygen atoms in total. The highest BCUT2D eigenvalue weighted by atomic mass is 16.6. The molecule has 12 heteroatoms. The van der Waals surface area contributed by atoms with Crippen molar-refractivity contribution < 1.29 is 38.1 Å². The van der Waals surface area contributed by atoms with Crippen LogP contribution in [-0.2, 0) is 35.1 Å². The largest absolute Gasteiger partial charge is 0.493 e. The topological polar surface area (TPSA) is 148 Å². The summed E-state index contributed by atoms with van der Waals surface area (Å²) < 4.78 is 21.3. The van der Waals surface area contributed by atoms with Gasteiger partial charge in [-0.3, -0.25) is 24.1 Å². The summed E-state index contributed by atoms with van der Waals surface area (Å²) in [6.07, 6.45) is 4.49. The minimum atomic E-state index is -1.01. The zero-order valence-electron chi connectivity index (χ0n) is 24.8. The molecule has 1 aliphatic carbocycles. The maximum absolute atomic E-state index is 13.7. The number of Topliss-reactive ketones (excluding diaryl/α,β-unsaturated/α-hetero) is 1. The number of carbonyl (C=O) groups is 4. The van der Waals surface area contributed by atoms with Gasteiger partial charge in [0.1, 0.15) is 18.2 Å². The van der Waals surface area contributed by atoms with Crippen LogP contribution in [0, 0.1) is 5.92 Å². The van der Waals surface area contributed by atoms with Gasteiger partial charge in [-0.05, 0) is 37.0 Å². The van der Waals surface area contributed by atoms with Crippen LogP contribution in [0.25, 0.3) is 0 Å². The molecular weight excluding hydrogens is 544 g/mol. The van der Waals surface area contributed by atoms with Gasteiger partial charge in [-0.15, -0.1) is 0 Å². The maximum Gasteiger partial charge on any atom is 0.243 e. The molecule has 3 aliphatic rings. The number of nitrogens with zero attached hydrogens (tertiary/aromatic N) is 1. The lowest BCUT2D eigenvalue weighted by atomic mass is 9.94. The van der Waals surface area contributed by atoms with Crippen LogP contribution in [0.5, 0.6) is 11.5 Å². The molecule has 3 N–H and O–H groups in total. The van der Waals surface area contributed by atoms with E-state index in [2.05, 4.69) is 16.0 Å². The molecule has 3 amide bonds. The second kappa shape index (κ2) is 15.3. The zero-order valence-corrected chi connectivity index (χ0v) is 24.8. The average Bonchev–Trinajstić information content (AvgIpc) is 3.71. The summed E-state index contributed by atoms with van der Waals surface area (Å²) in [5.41, 5.74) is 0.723. The Morgan fingerprint density at radius 2 is 1.62 bits per heavy atom. The van der Waals surface area contributed by atoms with Gasteiger partial charge in [0.15, 0.2) is 17.3 Å². The molecule has 4 rings (SSSR count). The first-order valence-corrected chi connectivity index (χ1v) is 14.8. The van der Waals surface area contributed by atoms with Gasteiger partial charge in [0.05, 0.1) is 46.6 Å². The van der Waals surface area contributed by atoms with Crippen molar-refractivity contribution in [3.63, 3.8) is 0 Å². The van der Waals surface area contributed by atoms with E-state index in [1.165, 1.54) is 14.2 Å². The summed E-state index contributed by atoms with van der Waals surface area (Å²) in [4.78, 5) is 54.6. The number of morpholine rings is 1. The quantitative estimate of drug-likeness (QED) is 0.251. The minimum absolute atomic E-state index is 0.129. The lowest BCUT2D eigenvalue weighted by Gasteiger charge is -2.27. The van der Waals surface area contributed by atoms with Crippen molar-refractivity contribution in [3.05, 3.63) is 23.8 Å². The van der Waals surface area contributed by atoms with Gasteiger partial charge in [-0.1, -0.05) is 31.7 Å². The summed E-state index contributed by atoms with van der Waals surface area (Å²) in [6, 6.07) is 2.70. The van der Waals surface area contributed by atoms with Crippen molar-refractivity contribution >= 4 is 23.5 Å². The Hall–Kier alpha value is -3.22. The molecule has 3 fully saturated rings. The predicted octanol–water partition coefficient (Wildman–Crippen LogP) is 0.601. The number of hydrogen-bond acceptors (Lipinski definition) is 9. The fourth-order valence-electron chi connectivity index (χ4n) is 5.60. The van der Waals surface area contributed by atoms with E-state index in [9.17, 15) is 19.2 Å². The molecule has 1 aromatic rings. The summed E-state index contributed by atoms with van der Waals surface area (Å²) in [7, 11) is 3.06.